The second kappa shape index (κ2) is 10.4. The van der Waals surface area contributed by atoms with Crippen LogP contribution >= 0.6 is 22.9 Å². The van der Waals surface area contributed by atoms with Gasteiger partial charge in [-0.15, -0.1) is 0 Å². The second-order valence-corrected chi connectivity index (χ2v) is 10.5. The zero-order valence-corrected chi connectivity index (χ0v) is 23.2. The summed E-state index contributed by atoms with van der Waals surface area (Å²) in [6.45, 7) is 3.63. The van der Waals surface area contributed by atoms with Gasteiger partial charge in [0.2, 0.25) is 6.79 Å². The Hall–Kier alpha value is -4.68. The molecule has 0 spiro atoms. The fraction of sp³-hybridized carbons (Fsp3) is 0.179. The fourth-order valence-electron chi connectivity index (χ4n) is 4.76. The van der Waals surface area contributed by atoms with E-state index in [9.17, 15) is 19.7 Å². The van der Waals surface area contributed by atoms with Gasteiger partial charge in [-0.05, 0) is 55.8 Å². The molecule has 11 nitrogen and oxygen atoms in total. The first-order valence-electron chi connectivity index (χ1n) is 12.4. The number of carbonyl (C=O) groups excluding carboxylic acids is 1. The minimum Gasteiger partial charge on any atom is -0.463 e. The first-order valence-corrected chi connectivity index (χ1v) is 13.6. The van der Waals surface area contributed by atoms with Gasteiger partial charge >= 0.3 is 5.97 Å². The summed E-state index contributed by atoms with van der Waals surface area (Å²) in [4.78, 5) is 42.9. The predicted molar refractivity (Wildman–Crippen MR) is 149 cm³/mol. The molecule has 0 aliphatic carbocycles. The minimum absolute atomic E-state index is 0.0749. The van der Waals surface area contributed by atoms with Crippen LogP contribution in [0.15, 0.2) is 74.0 Å². The maximum atomic E-state index is 13.8. The van der Waals surface area contributed by atoms with E-state index in [0.717, 1.165) is 11.3 Å². The van der Waals surface area contributed by atoms with Gasteiger partial charge in [-0.3, -0.25) is 19.5 Å². The van der Waals surface area contributed by atoms with Gasteiger partial charge in [0.1, 0.15) is 11.5 Å². The van der Waals surface area contributed by atoms with Crippen LogP contribution in [-0.4, -0.2) is 28.9 Å². The molecule has 2 aliphatic heterocycles. The third-order valence-corrected chi connectivity index (χ3v) is 7.77. The van der Waals surface area contributed by atoms with Crippen molar-refractivity contribution in [3.05, 3.63) is 106 Å². The second-order valence-electron chi connectivity index (χ2n) is 9.04. The zero-order chi connectivity index (χ0) is 28.8. The number of hydrogen-bond donors (Lipinski definition) is 0. The minimum atomic E-state index is -0.828. The summed E-state index contributed by atoms with van der Waals surface area (Å²) in [5, 5.41) is 11.8. The maximum absolute atomic E-state index is 13.8. The Morgan fingerprint density at radius 2 is 2.02 bits per heavy atom. The number of nitrogens with zero attached hydrogens (tertiary/aromatic N) is 3. The number of rotatable bonds is 6. The predicted octanol–water partition coefficient (Wildman–Crippen LogP) is 4.35. The lowest BCUT2D eigenvalue weighted by atomic mass is 9.95. The Labute approximate surface area is 240 Å². The van der Waals surface area contributed by atoms with Gasteiger partial charge in [0, 0.05) is 17.2 Å². The van der Waals surface area contributed by atoms with E-state index < -0.39 is 22.5 Å². The lowest BCUT2D eigenvalue weighted by Gasteiger charge is -2.24. The van der Waals surface area contributed by atoms with Crippen molar-refractivity contribution >= 4 is 40.7 Å². The fourth-order valence-corrected chi connectivity index (χ4v) is 5.95. The normalized spacial score (nSPS) is 16.0. The van der Waals surface area contributed by atoms with Crippen LogP contribution in [0.3, 0.4) is 0 Å². The molecule has 0 bridgehead atoms. The molecular weight excluding hydrogens is 574 g/mol. The lowest BCUT2D eigenvalue weighted by Crippen LogP contribution is -2.39. The lowest BCUT2D eigenvalue weighted by molar-refractivity contribution is -0.384. The molecule has 0 radical (unpaired) electrons. The number of nitro groups is 1. The van der Waals surface area contributed by atoms with Crippen molar-refractivity contribution in [2.75, 3.05) is 13.4 Å². The standard InChI is InChI=1S/C28H20ClN3O8S/c1-3-37-27(34)24-14(2)30-28-31(25(24)15-4-8-21-22(10-15)39-13-38-21)26(33)23(41-28)12-17-6-9-20(40-17)18-7-5-16(29)11-19(18)32(35)36/h4-12,25H,3,13H2,1-2H3/b23-12-/t25-/m1/s1. The van der Waals surface area contributed by atoms with E-state index in [1.54, 1.807) is 44.2 Å². The average Bonchev–Trinajstić information content (AvgIpc) is 3.67. The maximum Gasteiger partial charge on any atom is 0.338 e. The number of benzene rings is 2. The number of esters is 1. The number of thiazole rings is 1. The number of hydrogen-bond acceptors (Lipinski definition) is 10. The van der Waals surface area contributed by atoms with Crippen LogP contribution in [0.5, 0.6) is 11.5 Å². The first kappa shape index (κ1) is 26.5. The van der Waals surface area contributed by atoms with Crippen LogP contribution < -0.4 is 24.4 Å². The number of furan rings is 1. The van der Waals surface area contributed by atoms with E-state index in [1.807, 2.05) is 0 Å². The molecule has 6 rings (SSSR count). The number of allylic oxidation sites excluding steroid dienone is 1. The van der Waals surface area contributed by atoms with E-state index in [1.165, 1.54) is 28.8 Å². The molecule has 41 heavy (non-hydrogen) atoms. The highest BCUT2D eigenvalue weighted by atomic mass is 35.5. The van der Waals surface area contributed by atoms with Crippen molar-refractivity contribution in [3.8, 4) is 22.8 Å². The molecule has 13 heteroatoms. The Morgan fingerprint density at radius 3 is 2.80 bits per heavy atom. The first-order chi connectivity index (χ1) is 19.7. The molecule has 2 aliphatic rings. The molecule has 2 aromatic carbocycles. The summed E-state index contributed by atoms with van der Waals surface area (Å²) < 4.78 is 23.9. The van der Waals surface area contributed by atoms with E-state index in [0.29, 0.717) is 37.9 Å². The van der Waals surface area contributed by atoms with Gasteiger partial charge in [-0.1, -0.05) is 29.0 Å². The Kier molecular flexibility index (Phi) is 6.72. The van der Waals surface area contributed by atoms with Crippen LogP contribution in [0.1, 0.15) is 31.2 Å². The number of ether oxygens (including phenoxy) is 3. The average molecular weight is 594 g/mol. The highest BCUT2D eigenvalue weighted by Gasteiger charge is 2.34. The van der Waals surface area contributed by atoms with Crippen LogP contribution in [0.25, 0.3) is 17.4 Å². The Bertz CT molecular complexity index is 1950. The van der Waals surface area contributed by atoms with Crippen molar-refractivity contribution in [2.24, 2.45) is 4.99 Å². The van der Waals surface area contributed by atoms with Gasteiger partial charge in [-0.2, -0.15) is 0 Å². The summed E-state index contributed by atoms with van der Waals surface area (Å²) in [7, 11) is 0. The number of halogens is 1. The monoisotopic (exact) mass is 593 g/mol. The summed E-state index contributed by atoms with van der Waals surface area (Å²) in [5.74, 6) is 1.03. The molecule has 0 N–H and O–H groups in total. The van der Waals surface area contributed by atoms with Crippen molar-refractivity contribution in [1.82, 2.24) is 4.57 Å². The van der Waals surface area contributed by atoms with E-state index in [-0.39, 0.29) is 41.0 Å². The molecule has 0 unspecified atom stereocenters. The highest BCUT2D eigenvalue weighted by Crippen LogP contribution is 2.38. The third-order valence-electron chi connectivity index (χ3n) is 6.55. The van der Waals surface area contributed by atoms with Crippen LogP contribution in [-0.2, 0) is 9.53 Å². The summed E-state index contributed by atoms with van der Waals surface area (Å²) in [6, 6.07) is 11.9. The SMILES string of the molecule is CCOC(=O)C1=C(C)N=c2s/c(=C\c3ccc(-c4ccc(Cl)cc4[N+](=O)[O-])o3)c(=O)n2[C@@H]1c1ccc2c(c1)OCO2. The molecule has 208 valence electrons. The summed E-state index contributed by atoms with van der Waals surface area (Å²) >= 11 is 7.06. The molecular formula is C28H20ClN3O8S. The van der Waals surface area contributed by atoms with Crippen LogP contribution in [0.4, 0.5) is 5.69 Å². The van der Waals surface area contributed by atoms with Crippen molar-refractivity contribution in [3.63, 3.8) is 0 Å². The molecule has 0 amide bonds. The molecule has 2 aromatic heterocycles. The summed E-state index contributed by atoms with van der Waals surface area (Å²) in [6.07, 6.45) is 1.54. The molecule has 4 aromatic rings. The van der Waals surface area contributed by atoms with Crippen molar-refractivity contribution in [1.29, 1.82) is 0 Å². The van der Waals surface area contributed by atoms with E-state index in [4.69, 9.17) is 30.2 Å². The van der Waals surface area contributed by atoms with Gasteiger partial charge in [0.15, 0.2) is 16.3 Å². The number of nitro benzene ring substituents is 1. The number of fused-ring (bicyclic) bond motifs is 2. The Morgan fingerprint density at radius 1 is 1.22 bits per heavy atom. The van der Waals surface area contributed by atoms with Crippen LogP contribution in [0.2, 0.25) is 5.02 Å². The Balaban J connectivity index is 1.47. The zero-order valence-electron chi connectivity index (χ0n) is 21.6. The largest absolute Gasteiger partial charge is 0.463 e. The quantitative estimate of drug-likeness (QED) is 0.183. The summed E-state index contributed by atoms with van der Waals surface area (Å²) in [5.41, 5.74) is 0.923. The third kappa shape index (κ3) is 4.70. The van der Waals surface area contributed by atoms with Crippen molar-refractivity contribution in [2.45, 2.75) is 19.9 Å². The molecule has 1 atom stereocenters. The van der Waals surface area contributed by atoms with Gasteiger partial charge < -0.3 is 18.6 Å². The topological polar surface area (TPSA) is 135 Å². The van der Waals surface area contributed by atoms with E-state index in [2.05, 4.69) is 4.99 Å². The number of aromatic nitrogens is 1. The van der Waals surface area contributed by atoms with Gasteiger partial charge in [0.05, 0.1) is 38.9 Å². The molecule has 0 saturated heterocycles. The molecule has 4 heterocycles. The number of carbonyl (C=O) groups is 1. The van der Waals surface area contributed by atoms with Gasteiger partial charge in [0.25, 0.3) is 11.2 Å². The highest BCUT2D eigenvalue weighted by molar-refractivity contribution is 7.07. The van der Waals surface area contributed by atoms with E-state index >= 15 is 0 Å². The smallest absolute Gasteiger partial charge is 0.338 e. The molecule has 0 saturated carbocycles. The van der Waals surface area contributed by atoms with Gasteiger partial charge in [-0.25, -0.2) is 9.79 Å². The molecule has 0 fully saturated rings. The van der Waals surface area contributed by atoms with Crippen LogP contribution in [0, 0.1) is 10.1 Å². The van der Waals surface area contributed by atoms with Crippen molar-refractivity contribution < 1.29 is 28.3 Å².